The van der Waals surface area contributed by atoms with Crippen LogP contribution in [0.1, 0.15) is 35.8 Å². The van der Waals surface area contributed by atoms with Crippen LogP contribution in [0, 0.1) is 11.2 Å². The van der Waals surface area contributed by atoms with Crippen molar-refractivity contribution in [3.63, 3.8) is 0 Å². The summed E-state index contributed by atoms with van der Waals surface area (Å²) in [5, 5.41) is 0. The molecule has 0 aliphatic carbocycles. The monoisotopic (exact) mass is 370 g/mol. The van der Waals surface area contributed by atoms with Crippen molar-refractivity contribution in [2.75, 3.05) is 19.7 Å². The van der Waals surface area contributed by atoms with E-state index in [0.29, 0.717) is 30.6 Å². The highest BCUT2D eigenvalue weighted by molar-refractivity contribution is 5.93. The number of carbonyl (C=O) groups excluding carboxylic acids is 2. The molecule has 1 aliphatic heterocycles. The Kier molecular flexibility index (Phi) is 5.84. The normalized spacial score (nSPS) is 19.6. The number of nitrogens with zero attached hydrogens (tertiary/aromatic N) is 2. The maximum atomic E-state index is 14.2. The lowest BCUT2D eigenvalue weighted by Crippen LogP contribution is -2.51. The van der Waals surface area contributed by atoms with Gasteiger partial charge in [0.2, 0.25) is 0 Å². The van der Waals surface area contributed by atoms with Crippen molar-refractivity contribution in [3.8, 4) is 0 Å². The summed E-state index contributed by atoms with van der Waals surface area (Å²) in [5.74, 6) is -0.960. The fourth-order valence-electron chi connectivity index (χ4n) is 3.63. The molecule has 1 aromatic carbocycles. The van der Waals surface area contributed by atoms with E-state index in [9.17, 15) is 14.0 Å². The largest absolute Gasteiger partial charge is 0.466 e. The Morgan fingerprint density at radius 1 is 1.22 bits per heavy atom. The van der Waals surface area contributed by atoms with Crippen LogP contribution >= 0.6 is 0 Å². The third kappa shape index (κ3) is 4.15. The van der Waals surface area contributed by atoms with Gasteiger partial charge in [-0.05, 0) is 49.9 Å². The van der Waals surface area contributed by atoms with Crippen LogP contribution in [0.3, 0.4) is 0 Å². The molecule has 1 aliphatic rings. The van der Waals surface area contributed by atoms with Crippen LogP contribution in [0.15, 0.2) is 48.7 Å². The number of ether oxygens (including phenoxy) is 1. The summed E-state index contributed by atoms with van der Waals surface area (Å²) in [4.78, 5) is 31.4. The van der Waals surface area contributed by atoms with Gasteiger partial charge in [-0.25, -0.2) is 4.39 Å². The minimum atomic E-state index is -0.957. The molecule has 1 aromatic heterocycles. The number of benzene rings is 1. The number of esters is 1. The first-order valence-electron chi connectivity index (χ1n) is 9.17. The van der Waals surface area contributed by atoms with Crippen molar-refractivity contribution in [2.24, 2.45) is 5.41 Å². The Morgan fingerprint density at radius 3 is 2.70 bits per heavy atom. The Balaban J connectivity index is 1.89. The Bertz CT molecular complexity index is 812. The molecule has 0 bridgehead atoms. The minimum absolute atomic E-state index is 0.190. The molecule has 6 heteroatoms. The molecule has 2 heterocycles. The standard InChI is InChI=1S/C21H23FN2O3/c1-2-27-20(26)21(14-16-8-3-4-9-17(16)22)11-7-13-24(15-21)19(25)18-10-5-6-12-23-18/h3-6,8-10,12H,2,7,11,13-15H2,1H3. The van der Waals surface area contributed by atoms with Crippen molar-refractivity contribution in [2.45, 2.75) is 26.2 Å². The van der Waals surface area contributed by atoms with Gasteiger partial charge in [0.1, 0.15) is 11.5 Å². The van der Waals surface area contributed by atoms with Gasteiger partial charge >= 0.3 is 5.97 Å². The van der Waals surface area contributed by atoms with Gasteiger partial charge in [-0.3, -0.25) is 14.6 Å². The van der Waals surface area contributed by atoms with Gasteiger partial charge < -0.3 is 9.64 Å². The number of hydrogen-bond donors (Lipinski definition) is 0. The summed E-state index contributed by atoms with van der Waals surface area (Å²) < 4.78 is 19.6. The predicted octanol–water partition coefficient (Wildman–Crippen LogP) is 3.25. The third-order valence-electron chi connectivity index (χ3n) is 4.94. The van der Waals surface area contributed by atoms with E-state index in [-0.39, 0.29) is 37.3 Å². The average Bonchev–Trinajstić information content (AvgIpc) is 2.70. The number of aromatic nitrogens is 1. The van der Waals surface area contributed by atoms with Crippen LogP contribution in [0.2, 0.25) is 0 Å². The first-order chi connectivity index (χ1) is 13.1. The quantitative estimate of drug-likeness (QED) is 0.758. The van der Waals surface area contributed by atoms with Crippen LogP contribution in [0.5, 0.6) is 0 Å². The highest BCUT2D eigenvalue weighted by atomic mass is 19.1. The van der Waals surface area contributed by atoms with E-state index in [1.807, 2.05) is 0 Å². The first-order valence-corrected chi connectivity index (χ1v) is 9.17. The molecule has 27 heavy (non-hydrogen) atoms. The summed E-state index contributed by atoms with van der Waals surface area (Å²) in [5.41, 5.74) is -0.165. The Hall–Kier alpha value is -2.76. The molecule has 0 N–H and O–H groups in total. The smallest absolute Gasteiger partial charge is 0.314 e. The zero-order valence-electron chi connectivity index (χ0n) is 15.4. The molecule has 5 nitrogen and oxygen atoms in total. The van der Waals surface area contributed by atoms with Crippen molar-refractivity contribution in [1.82, 2.24) is 9.88 Å². The lowest BCUT2D eigenvalue weighted by Gasteiger charge is -2.41. The molecule has 1 fully saturated rings. The van der Waals surface area contributed by atoms with Gasteiger partial charge in [-0.2, -0.15) is 0 Å². The maximum Gasteiger partial charge on any atom is 0.314 e. The van der Waals surface area contributed by atoms with Crippen LogP contribution < -0.4 is 0 Å². The van der Waals surface area contributed by atoms with E-state index in [4.69, 9.17) is 4.74 Å². The summed E-state index contributed by atoms with van der Waals surface area (Å²) in [7, 11) is 0. The summed E-state index contributed by atoms with van der Waals surface area (Å²) in [6.07, 6.45) is 2.96. The molecule has 3 rings (SSSR count). The molecular formula is C21H23FN2O3. The van der Waals surface area contributed by atoms with Gasteiger partial charge in [-0.15, -0.1) is 0 Å². The number of amides is 1. The number of piperidine rings is 1. The zero-order chi connectivity index (χ0) is 19.3. The van der Waals surface area contributed by atoms with E-state index < -0.39 is 5.41 Å². The topological polar surface area (TPSA) is 59.5 Å². The SMILES string of the molecule is CCOC(=O)C1(Cc2ccccc2F)CCCN(C(=O)c2ccccn2)C1. The summed E-state index contributed by atoms with van der Waals surface area (Å²) >= 11 is 0. The fourth-order valence-corrected chi connectivity index (χ4v) is 3.63. The van der Waals surface area contributed by atoms with Gasteiger partial charge in [-0.1, -0.05) is 24.3 Å². The molecular weight excluding hydrogens is 347 g/mol. The zero-order valence-corrected chi connectivity index (χ0v) is 15.4. The first kappa shape index (κ1) is 19.0. The molecule has 0 spiro atoms. The third-order valence-corrected chi connectivity index (χ3v) is 4.94. The predicted molar refractivity (Wildman–Crippen MR) is 98.5 cm³/mol. The second-order valence-corrected chi connectivity index (χ2v) is 6.81. The lowest BCUT2D eigenvalue weighted by atomic mass is 9.75. The van der Waals surface area contributed by atoms with Crippen molar-refractivity contribution < 1.29 is 18.7 Å². The molecule has 1 atom stereocenters. The Morgan fingerprint density at radius 2 is 2.00 bits per heavy atom. The highest BCUT2D eigenvalue weighted by Crippen LogP contribution is 2.36. The minimum Gasteiger partial charge on any atom is -0.466 e. The molecule has 0 saturated carbocycles. The van der Waals surface area contributed by atoms with E-state index >= 15 is 0 Å². The number of likely N-dealkylation sites (tertiary alicyclic amines) is 1. The number of carbonyl (C=O) groups is 2. The second-order valence-electron chi connectivity index (χ2n) is 6.81. The summed E-state index contributed by atoms with van der Waals surface area (Å²) in [6.45, 7) is 2.71. The van der Waals surface area contributed by atoms with E-state index in [1.54, 1.807) is 54.4 Å². The highest BCUT2D eigenvalue weighted by Gasteiger charge is 2.45. The summed E-state index contributed by atoms with van der Waals surface area (Å²) in [6, 6.07) is 11.6. The van der Waals surface area contributed by atoms with Crippen molar-refractivity contribution in [1.29, 1.82) is 0 Å². The molecule has 1 unspecified atom stereocenters. The van der Waals surface area contributed by atoms with Crippen molar-refractivity contribution in [3.05, 3.63) is 65.7 Å². The molecule has 1 amide bonds. The molecule has 0 radical (unpaired) electrons. The van der Waals surface area contributed by atoms with E-state index in [1.165, 1.54) is 6.07 Å². The number of pyridine rings is 1. The lowest BCUT2D eigenvalue weighted by molar-refractivity contribution is -0.158. The van der Waals surface area contributed by atoms with Crippen LogP contribution in [-0.4, -0.2) is 41.5 Å². The van der Waals surface area contributed by atoms with E-state index in [0.717, 1.165) is 0 Å². The van der Waals surface area contributed by atoms with Gasteiger partial charge in [0.25, 0.3) is 5.91 Å². The molecule has 142 valence electrons. The van der Waals surface area contributed by atoms with E-state index in [2.05, 4.69) is 4.98 Å². The van der Waals surface area contributed by atoms with Crippen LogP contribution in [0.4, 0.5) is 4.39 Å². The second kappa shape index (κ2) is 8.29. The number of rotatable bonds is 5. The van der Waals surface area contributed by atoms with Crippen LogP contribution in [0.25, 0.3) is 0 Å². The maximum absolute atomic E-state index is 14.2. The average molecular weight is 370 g/mol. The molecule has 2 aromatic rings. The molecule has 1 saturated heterocycles. The van der Waals surface area contributed by atoms with Gasteiger partial charge in [0, 0.05) is 19.3 Å². The van der Waals surface area contributed by atoms with Gasteiger partial charge in [0.05, 0.1) is 12.0 Å². The van der Waals surface area contributed by atoms with Crippen LogP contribution in [-0.2, 0) is 16.0 Å². The number of halogens is 1. The Labute approximate surface area is 158 Å². The van der Waals surface area contributed by atoms with Crippen molar-refractivity contribution >= 4 is 11.9 Å². The fraction of sp³-hybridized carbons (Fsp3) is 0.381. The number of hydrogen-bond acceptors (Lipinski definition) is 4. The van der Waals surface area contributed by atoms with Gasteiger partial charge in [0.15, 0.2) is 0 Å².